The Balaban J connectivity index is 1.65. The SMILES string of the molecule is CC(C)C[C@H](NC(=O)c1ccc(C(C)(C)C)cc1)C(=O)N1C2C(=O)CNC2CC1S(=O)(=O)c1ccccc1. The first-order chi connectivity index (χ1) is 17.8. The maximum atomic E-state index is 14.1. The third-order valence-corrected chi connectivity index (χ3v) is 9.39. The molecule has 2 fully saturated rings. The van der Waals surface area contributed by atoms with Gasteiger partial charge in [-0.05, 0) is 47.6 Å². The molecule has 2 heterocycles. The molecule has 9 heteroatoms. The van der Waals surface area contributed by atoms with Crippen LogP contribution in [0.2, 0.25) is 0 Å². The van der Waals surface area contributed by atoms with E-state index in [-0.39, 0.29) is 35.0 Å². The number of likely N-dealkylation sites (tertiary alicyclic amines) is 1. The van der Waals surface area contributed by atoms with Gasteiger partial charge < -0.3 is 15.5 Å². The van der Waals surface area contributed by atoms with Gasteiger partial charge >= 0.3 is 0 Å². The van der Waals surface area contributed by atoms with Gasteiger partial charge in [-0.15, -0.1) is 0 Å². The van der Waals surface area contributed by atoms with E-state index in [4.69, 9.17) is 0 Å². The number of Topliss-reactive ketones (excluding diaryl/α,β-unsaturated/α-hetero) is 1. The number of hydrogen-bond donors (Lipinski definition) is 2. The fourth-order valence-corrected chi connectivity index (χ4v) is 7.15. The van der Waals surface area contributed by atoms with Gasteiger partial charge in [0.25, 0.3) is 5.91 Å². The molecule has 4 rings (SSSR count). The number of carbonyl (C=O) groups is 3. The second-order valence-corrected chi connectivity index (χ2v) is 13.8. The Kier molecular flexibility index (Phi) is 7.81. The van der Waals surface area contributed by atoms with Crippen molar-refractivity contribution in [1.82, 2.24) is 15.5 Å². The molecule has 0 saturated carbocycles. The van der Waals surface area contributed by atoms with Crippen molar-refractivity contribution in [3.63, 3.8) is 0 Å². The summed E-state index contributed by atoms with van der Waals surface area (Å²) in [7, 11) is -3.96. The summed E-state index contributed by atoms with van der Waals surface area (Å²) in [5.74, 6) is -1.15. The van der Waals surface area contributed by atoms with E-state index in [2.05, 4.69) is 31.4 Å². The van der Waals surface area contributed by atoms with E-state index < -0.39 is 45.2 Å². The van der Waals surface area contributed by atoms with E-state index >= 15 is 0 Å². The van der Waals surface area contributed by atoms with Crippen LogP contribution in [0.5, 0.6) is 0 Å². The third kappa shape index (κ3) is 5.54. The highest BCUT2D eigenvalue weighted by Gasteiger charge is 2.55. The number of benzene rings is 2. The summed E-state index contributed by atoms with van der Waals surface area (Å²) in [5, 5.41) is 4.72. The molecule has 0 aliphatic carbocycles. The van der Waals surface area contributed by atoms with Crippen LogP contribution in [0.1, 0.15) is 63.4 Å². The molecule has 2 saturated heterocycles. The van der Waals surface area contributed by atoms with E-state index in [9.17, 15) is 22.8 Å². The standard InChI is InChI=1S/C29H37N3O5S/c1-18(2)15-23(31-27(34)19-11-13-20(14-12-19)29(3,4)5)28(35)32-25(16-22-26(32)24(33)17-30-22)38(36,37)21-9-7-6-8-10-21/h6-14,18,22-23,25-26,30H,15-17H2,1-5H3,(H,31,34)/t22?,23-,25?,26?/m0/s1. The van der Waals surface area contributed by atoms with Crippen molar-refractivity contribution < 1.29 is 22.8 Å². The van der Waals surface area contributed by atoms with Gasteiger partial charge in [-0.2, -0.15) is 0 Å². The first kappa shape index (κ1) is 28.0. The summed E-state index contributed by atoms with van der Waals surface area (Å²) >= 11 is 0. The third-order valence-electron chi connectivity index (χ3n) is 7.32. The van der Waals surface area contributed by atoms with Gasteiger partial charge in [0.1, 0.15) is 17.5 Å². The van der Waals surface area contributed by atoms with E-state index in [0.29, 0.717) is 12.0 Å². The lowest BCUT2D eigenvalue weighted by atomic mass is 9.86. The smallest absolute Gasteiger partial charge is 0.251 e. The van der Waals surface area contributed by atoms with Crippen molar-refractivity contribution in [3.8, 4) is 0 Å². The molecule has 38 heavy (non-hydrogen) atoms. The monoisotopic (exact) mass is 539 g/mol. The Labute approximate surface area is 225 Å². The van der Waals surface area contributed by atoms with E-state index in [1.165, 1.54) is 17.0 Å². The van der Waals surface area contributed by atoms with Crippen molar-refractivity contribution >= 4 is 27.4 Å². The molecule has 2 N–H and O–H groups in total. The van der Waals surface area contributed by atoms with Gasteiger partial charge in [0.2, 0.25) is 5.91 Å². The van der Waals surface area contributed by atoms with E-state index in [0.717, 1.165) is 5.56 Å². The Morgan fingerprint density at radius 1 is 1.05 bits per heavy atom. The summed E-state index contributed by atoms with van der Waals surface area (Å²) in [6.45, 7) is 10.2. The molecule has 204 valence electrons. The van der Waals surface area contributed by atoms with Crippen LogP contribution in [-0.2, 0) is 24.8 Å². The highest BCUT2D eigenvalue weighted by atomic mass is 32.2. The van der Waals surface area contributed by atoms with Crippen molar-refractivity contribution in [2.45, 2.75) is 81.3 Å². The highest BCUT2D eigenvalue weighted by molar-refractivity contribution is 7.92. The number of sulfone groups is 1. The van der Waals surface area contributed by atoms with Gasteiger partial charge in [0.05, 0.1) is 11.4 Å². The molecule has 0 bridgehead atoms. The zero-order valence-corrected chi connectivity index (χ0v) is 23.4. The van der Waals surface area contributed by atoms with Crippen LogP contribution >= 0.6 is 0 Å². The number of amides is 2. The van der Waals surface area contributed by atoms with Gasteiger partial charge in [-0.25, -0.2) is 8.42 Å². The Hall–Kier alpha value is -3.04. The van der Waals surface area contributed by atoms with Crippen LogP contribution in [0.3, 0.4) is 0 Å². The lowest BCUT2D eigenvalue weighted by Gasteiger charge is -2.32. The summed E-state index contributed by atoms with van der Waals surface area (Å²) in [6.07, 6.45) is 0.411. The van der Waals surface area contributed by atoms with Crippen LogP contribution in [0.25, 0.3) is 0 Å². The van der Waals surface area contributed by atoms with Gasteiger partial charge in [0.15, 0.2) is 15.6 Å². The lowest BCUT2D eigenvalue weighted by molar-refractivity contribution is -0.139. The molecule has 2 aliphatic rings. The largest absolute Gasteiger partial charge is 0.340 e. The normalized spacial score (nSPS) is 22.4. The summed E-state index contributed by atoms with van der Waals surface area (Å²) in [4.78, 5) is 41.5. The molecule has 0 aromatic heterocycles. The zero-order valence-electron chi connectivity index (χ0n) is 22.6. The number of fused-ring (bicyclic) bond motifs is 1. The van der Waals surface area contributed by atoms with Crippen LogP contribution in [0, 0.1) is 5.92 Å². The molecule has 0 spiro atoms. The highest BCUT2D eigenvalue weighted by Crippen LogP contribution is 2.35. The number of hydrogen-bond acceptors (Lipinski definition) is 6. The number of nitrogens with one attached hydrogen (secondary N) is 2. The Morgan fingerprint density at radius 3 is 2.26 bits per heavy atom. The van der Waals surface area contributed by atoms with Crippen LogP contribution < -0.4 is 10.6 Å². The average molecular weight is 540 g/mol. The molecular weight excluding hydrogens is 502 g/mol. The molecule has 4 atom stereocenters. The summed E-state index contributed by atoms with van der Waals surface area (Å²) in [6, 6.07) is 12.9. The van der Waals surface area contributed by atoms with Crippen molar-refractivity contribution in [3.05, 3.63) is 65.7 Å². The first-order valence-corrected chi connectivity index (χ1v) is 14.6. The molecule has 2 aromatic rings. The topological polar surface area (TPSA) is 113 Å². The predicted molar refractivity (Wildman–Crippen MR) is 145 cm³/mol. The van der Waals surface area contributed by atoms with E-state index in [1.807, 2.05) is 26.0 Å². The molecule has 3 unspecified atom stereocenters. The number of ketones is 1. The fraction of sp³-hybridized carbons (Fsp3) is 0.483. The van der Waals surface area contributed by atoms with Gasteiger partial charge in [-0.3, -0.25) is 14.4 Å². The first-order valence-electron chi connectivity index (χ1n) is 13.1. The van der Waals surface area contributed by atoms with Crippen LogP contribution in [-0.4, -0.2) is 61.0 Å². The predicted octanol–water partition coefficient (Wildman–Crippen LogP) is 3.07. The van der Waals surface area contributed by atoms with Crippen molar-refractivity contribution in [1.29, 1.82) is 0 Å². The average Bonchev–Trinajstić information content (AvgIpc) is 3.43. The second kappa shape index (κ2) is 10.6. The molecule has 2 amide bonds. The molecular formula is C29H37N3O5S. The molecule has 2 aliphatic heterocycles. The minimum absolute atomic E-state index is 0.0347. The Bertz CT molecular complexity index is 1300. The van der Waals surface area contributed by atoms with Crippen LogP contribution in [0.15, 0.2) is 59.5 Å². The zero-order chi connectivity index (χ0) is 27.8. The molecule has 2 aromatic carbocycles. The minimum Gasteiger partial charge on any atom is -0.340 e. The quantitative estimate of drug-likeness (QED) is 0.559. The van der Waals surface area contributed by atoms with Crippen molar-refractivity contribution in [2.24, 2.45) is 5.92 Å². The van der Waals surface area contributed by atoms with E-state index in [1.54, 1.807) is 30.3 Å². The number of nitrogens with zero attached hydrogens (tertiary/aromatic N) is 1. The maximum absolute atomic E-state index is 14.1. The second-order valence-electron chi connectivity index (χ2n) is 11.7. The number of rotatable bonds is 7. The summed E-state index contributed by atoms with van der Waals surface area (Å²) < 4.78 is 27.3. The van der Waals surface area contributed by atoms with Crippen LogP contribution in [0.4, 0.5) is 0 Å². The van der Waals surface area contributed by atoms with Gasteiger partial charge in [0, 0.05) is 18.0 Å². The maximum Gasteiger partial charge on any atom is 0.251 e. The Morgan fingerprint density at radius 2 is 1.68 bits per heavy atom. The summed E-state index contributed by atoms with van der Waals surface area (Å²) in [5.41, 5.74) is 1.41. The minimum atomic E-state index is -3.96. The van der Waals surface area contributed by atoms with Crippen molar-refractivity contribution in [2.75, 3.05) is 6.54 Å². The molecule has 8 nitrogen and oxygen atoms in total. The molecule has 0 radical (unpaired) electrons. The fourth-order valence-electron chi connectivity index (χ4n) is 5.30. The van der Waals surface area contributed by atoms with Gasteiger partial charge in [-0.1, -0.05) is 65.0 Å². The number of carbonyl (C=O) groups excluding carboxylic acids is 3. The lowest BCUT2D eigenvalue weighted by Crippen LogP contribution is -2.56.